The molecule has 3 aromatic carbocycles. The zero-order valence-corrected chi connectivity index (χ0v) is 20.5. The SMILES string of the molecule is CC1[CH-]C(C)C(C)C1C.[Cl-].[Cl-].[Zr+4].c1ccc(-c2cc3ccccc3[cH-]2)cc1. The van der Waals surface area contributed by atoms with Crippen molar-refractivity contribution in [2.75, 3.05) is 0 Å². The molecule has 27 heavy (non-hydrogen) atoms. The quantitative estimate of drug-likeness (QED) is 0.458. The zero-order valence-electron chi connectivity index (χ0n) is 16.5. The van der Waals surface area contributed by atoms with Gasteiger partial charge in [-0.05, 0) is 0 Å². The zero-order chi connectivity index (χ0) is 17.1. The van der Waals surface area contributed by atoms with E-state index in [1.807, 2.05) is 6.07 Å². The van der Waals surface area contributed by atoms with E-state index in [0.29, 0.717) is 0 Å². The van der Waals surface area contributed by atoms with Crippen molar-refractivity contribution in [3.8, 4) is 11.1 Å². The van der Waals surface area contributed by atoms with Gasteiger partial charge in [0.1, 0.15) is 0 Å². The minimum atomic E-state index is 0. The van der Waals surface area contributed by atoms with Crippen LogP contribution < -0.4 is 24.8 Å². The normalized spacial score (nSPS) is 23.3. The van der Waals surface area contributed by atoms with Crippen molar-refractivity contribution in [3.05, 3.63) is 73.2 Å². The van der Waals surface area contributed by atoms with Crippen molar-refractivity contribution in [1.29, 1.82) is 0 Å². The second kappa shape index (κ2) is 12.2. The molecule has 4 rings (SSSR count). The number of rotatable bonds is 1. The Bertz CT molecular complexity index is 736. The molecule has 0 aliphatic heterocycles. The van der Waals surface area contributed by atoms with Crippen molar-refractivity contribution >= 4 is 10.8 Å². The molecule has 0 bridgehead atoms. The average Bonchev–Trinajstić information content (AvgIpc) is 3.14. The van der Waals surface area contributed by atoms with Crippen molar-refractivity contribution in [2.24, 2.45) is 23.7 Å². The maximum atomic E-state index is 2.48. The minimum absolute atomic E-state index is 0. The van der Waals surface area contributed by atoms with Gasteiger partial charge < -0.3 is 31.2 Å². The van der Waals surface area contributed by atoms with Gasteiger partial charge in [0.15, 0.2) is 0 Å². The van der Waals surface area contributed by atoms with E-state index in [4.69, 9.17) is 0 Å². The van der Waals surface area contributed by atoms with Crippen LogP contribution in [0, 0.1) is 30.1 Å². The first-order valence-corrected chi connectivity index (χ1v) is 9.12. The van der Waals surface area contributed by atoms with Crippen LogP contribution in [-0.4, -0.2) is 0 Å². The summed E-state index contributed by atoms with van der Waals surface area (Å²) in [6.45, 7) is 9.36. The summed E-state index contributed by atoms with van der Waals surface area (Å²) in [7, 11) is 0. The molecule has 3 aromatic rings. The van der Waals surface area contributed by atoms with E-state index in [1.54, 1.807) is 0 Å². The molecule has 0 amide bonds. The van der Waals surface area contributed by atoms with Gasteiger partial charge in [0.05, 0.1) is 0 Å². The third-order valence-corrected chi connectivity index (χ3v) is 5.82. The van der Waals surface area contributed by atoms with Gasteiger partial charge >= 0.3 is 26.2 Å². The number of halogens is 2. The van der Waals surface area contributed by atoms with E-state index in [0.717, 1.165) is 23.7 Å². The molecule has 0 aromatic heterocycles. The Morgan fingerprint density at radius 3 is 1.70 bits per heavy atom. The maximum Gasteiger partial charge on any atom is 4.00 e. The average molecular weight is 479 g/mol. The second-order valence-corrected chi connectivity index (χ2v) is 7.37. The summed E-state index contributed by atoms with van der Waals surface area (Å²) in [5.74, 6) is 3.49. The Labute approximate surface area is 196 Å². The van der Waals surface area contributed by atoms with Crippen LogP contribution in [0.25, 0.3) is 21.9 Å². The molecule has 4 atom stereocenters. The van der Waals surface area contributed by atoms with Gasteiger partial charge in [-0.15, -0.1) is 34.5 Å². The molecular weight excluding hydrogens is 450 g/mol. The summed E-state index contributed by atoms with van der Waals surface area (Å²) in [6.07, 6.45) is 2.48. The molecule has 0 radical (unpaired) electrons. The van der Waals surface area contributed by atoms with Gasteiger partial charge in [0.25, 0.3) is 0 Å². The van der Waals surface area contributed by atoms with Crippen LogP contribution in [0.5, 0.6) is 0 Å². The van der Waals surface area contributed by atoms with Gasteiger partial charge in [0.2, 0.25) is 0 Å². The topological polar surface area (TPSA) is 0 Å². The van der Waals surface area contributed by atoms with Crippen LogP contribution in [0.3, 0.4) is 0 Å². The molecule has 1 aliphatic rings. The molecule has 0 saturated heterocycles. The monoisotopic (exact) mass is 476 g/mol. The predicted molar refractivity (Wildman–Crippen MR) is 106 cm³/mol. The van der Waals surface area contributed by atoms with Crippen molar-refractivity contribution in [3.63, 3.8) is 0 Å². The van der Waals surface area contributed by atoms with Crippen LogP contribution in [0.2, 0.25) is 0 Å². The molecule has 1 saturated carbocycles. The largest absolute Gasteiger partial charge is 4.00 e. The van der Waals surface area contributed by atoms with E-state index in [-0.39, 0.29) is 51.0 Å². The molecule has 1 fully saturated rings. The molecule has 0 spiro atoms. The molecule has 4 unspecified atom stereocenters. The Hall–Kier alpha value is -0.487. The van der Waals surface area contributed by atoms with E-state index >= 15 is 0 Å². The maximum absolute atomic E-state index is 2.48. The van der Waals surface area contributed by atoms with E-state index in [2.05, 4.69) is 94.8 Å². The Morgan fingerprint density at radius 2 is 1.22 bits per heavy atom. The second-order valence-electron chi connectivity index (χ2n) is 7.37. The predicted octanol–water partition coefficient (Wildman–Crippen LogP) is 0.980. The molecular formula is C24H28Cl2Zr. The van der Waals surface area contributed by atoms with Crippen LogP contribution in [0.15, 0.2) is 66.7 Å². The molecule has 0 N–H and O–H groups in total. The summed E-state index contributed by atoms with van der Waals surface area (Å²) < 4.78 is 0. The van der Waals surface area contributed by atoms with Crippen molar-refractivity contribution in [1.82, 2.24) is 0 Å². The molecule has 3 heteroatoms. The summed E-state index contributed by atoms with van der Waals surface area (Å²) >= 11 is 0. The van der Waals surface area contributed by atoms with Crippen molar-refractivity contribution in [2.45, 2.75) is 27.7 Å². The molecule has 0 heterocycles. The molecule has 0 nitrogen and oxygen atoms in total. The summed E-state index contributed by atoms with van der Waals surface area (Å²) in [4.78, 5) is 0. The Balaban J connectivity index is 0.000000498. The van der Waals surface area contributed by atoms with E-state index in [9.17, 15) is 0 Å². The van der Waals surface area contributed by atoms with E-state index < -0.39 is 0 Å². The minimum Gasteiger partial charge on any atom is -1.00 e. The number of fused-ring (bicyclic) bond motifs is 1. The van der Waals surface area contributed by atoms with Gasteiger partial charge in [-0.3, -0.25) is 0 Å². The fourth-order valence-corrected chi connectivity index (χ4v) is 3.73. The molecule has 1 aliphatic carbocycles. The smallest absolute Gasteiger partial charge is 1.00 e. The summed E-state index contributed by atoms with van der Waals surface area (Å²) in [5.41, 5.74) is 2.59. The first-order chi connectivity index (χ1) is 11.6. The Kier molecular flexibility index (Phi) is 11.9. The van der Waals surface area contributed by atoms with Gasteiger partial charge in [-0.2, -0.15) is 11.8 Å². The third-order valence-electron chi connectivity index (χ3n) is 5.82. The molecule has 142 valence electrons. The van der Waals surface area contributed by atoms with Crippen LogP contribution in [0.4, 0.5) is 0 Å². The summed E-state index contributed by atoms with van der Waals surface area (Å²) in [6, 6.07) is 23.4. The van der Waals surface area contributed by atoms with Crippen molar-refractivity contribution < 1.29 is 51.0 Å². The van der Waals surface area contributed by atoms with Gasteiger partial charge in [-0.25, -0.2) is 0 Å². The number of benzene rings is 2. The van der Waals surface area contributed by atoms with Crippen LogP contribution >= 0.6 is 0 Å². The van der Waals surface area contributed by atoms with Gasteiger partial charge in [-0.1, -0.05) is 93.6 Å². The summed E-state index contributed by atoms with van der Waals surface area (Å²) in [5, 5.41) is 2.63. The first-order valence-electron chi connectivity index (χ1n) is 9.12. The number of hydrogen-bond acceptors (Lipinski definition) is 0. The van der Waals surface area contributed by atoms with Crippen LogP contribution in [0.1, 0.15) is 27.7 Å². The van der Waals surface area contributed by atoms with Gasteiger partial charge in [0, 0.05) is 0 Å². The first kappa shape index (κ1) is 26.5. The fraction of sp³-hybridized carbons (Fsp3) is 0.333. The Morgan fingerprint density at radius 1 is 0.704 bits per heavy atom. The number of hydrogen-bond donors (Lipinski definition) is 0. The van der Waals surface area contributed by atoms with E-state index in [1.165, 1.54) is 21.9 Å². The standard InChI is InChI=1S/C15H11.C9H17.2ClH.Zr/c1-2-6-12(7-3-1)15-10-13-8-4-5-9-14(13)11-15;1-6-5-7(2)9(4)8(6)3;;;/h1-11H;5-9H,1-4H3;2*1H;/q2*-1;;;+4/p-2. The van der Waals surface area contributed by atoms with Crippen LogP contribution in [-0.2, 0) is 26.2 Å². The third kappa shape index (κ3) is 6.52. The fourth-order valence-electron chi connectivity index (χ4n) is 3.73.